The molecule has 0 radical (unpaired) electrons. The number of ether oxygens (including phenoxy) is 1. The molecule has 2 aromatic rings. The van der Waals surface area contributed by atoms with Gasteiger partial charge in [-0.2, -0.15) is 0 Å². The summed E-state index contributed by atoms with van der Waals surface area (Å²) in [4.78, 5) is 30.1. The summed E-state index contributed by atoms with van der Waals surface area (Å²) in [6.45, 7) is 6.19. The number of benzene rings is 2. The Morgan fingerprint density at radius 1 is 1.16 bits per heavy atom. The van der Waals surface area contributed by atoms with Gasteiger partial charge in [0, 0.05) is 46.8 Å². The fraction of sp³-hybridized carbons (Fsp3) is 0.500. The zero-order chi connectivity index (χ0) is 26.5. The summed E-state index contributed by atoms with van der Waals surface area (Å²) in [6, 6.07) is 13.5. The van der Waals surface area contributed by atoms with Crippen LogP contribution in [0.2, 0.25) is 18.6 Å². The minimum atomic E-state index is -3.22. The monoisotopic (exact) mass is 588 g/mol. The highest BCUT2D eigenvalue weighted by Crippen LogP contribution is 2.60. The van der Waals surface area contributed by atoms with Crippen LogP contribution in [0.3, 0.4) is 0 Å². The number of halogens is 2. The molecule has 9 heteroatoms. The number of nitrogens with zero attached hydrogens (tertiary/aromatic N) is 2. The predicted molar refractivity (Wildman–Crippen MR) is 148 cm³/mol. The molecule has 0 unspecified atom stereocenters. The largest absolute Gasteiger partial charge is 0.396 e. The Labute approximate surface area is 227 Å². The van der Waals surface area contributed by atoms with Crippen LogP contribution in [0, 0.1) is 5.92 Å². The first-order valence-electron chi connectivity index (χ1n) is 13.1. The van der Waals surface area contributed by atoms with Gasteiger partial charge in [-0.1, -0.05) is 35.0 Å². The van der Waals surface area contributed by atoms with Crippen LogP contribution in [0.1, 0.15) is 43.7 Å². The Hall–Kier alpha value is -2.07. The van der Waals surface area contributed by atoms with Crippen LogP contribution in [0.25, 0.3) is 0 Å². The summed E-state index contributed by atoms with van der Waals surface area (Å²) in [5.74, 6) is -0.422. The van der Waals surface area contributed by atoms with Crippen molar-refractivity contribution in [3.05, 3.63) is 58.1 Å². The second-order valence-corrected chi connectivity index (χ2v) is 15.7. The van der Waals surface area contributed by atoms with E-state index in [-0.39, 0.29) is 24.3 Å². The average molecular weight is 590 g/mol. The standard InChI is InChI=1S/C28H34BrFN2O4Si/c1-18-26(37(2,3)30)24(13-15-33)36-28(18)22-16-20(29)9-12-23(22)32(27(28)35)17-19-7-10-21(11-8-19)31-14-5-4-6-25(31)34/h7-12,16,18,24,26,33H,4-6,13-15,17H2,1-3H3/t18-,24+,26-,28+/m1/s1. The van der Waals surface area contributed by atoms with Gasteiger partial charge in [0.2, 0.25) is 14.3 Å². The van der Waals surface area contributed by atoms with E-state index in [2.05, 4.69) is 15.9 Å². The van der Waals surface area contributed by atoms with Gasteiger partial charge < -0.3 is 23.8 Å². The summed E-state index contributed by atoms with van der Waals surface area (Å²) in [5, 5.41) is 9.70. The van der Waals surface area contributed by atoms with Crippen molar-refractivity contribution < 1.29 is 23.5 Å². The summed E-state index contributed by atoms with van der Waals surface area (Å²) >= 11 is 3.55. The summed E-state index contributed by atoms with van der Waals surface area (Å²) in [7, 11) is -3.22. The summed E-state index contributed by atoms with van der Waals surface area (Å²) in [5.41, 5.74) is 1.61. The maximum atomic E-state index is 15.6. The van der Waals surface area contributed by atoms with Gasteiger partial charge >= 0.3 is 0 Å². The Morgan fingerprint density at radius 3 is 2.54 bits per heavy atom. The van der Waals surface area contributed by atoms with Crippen LogP contribution in [0.15, 0.2) is 46.9 Å². The molecule has 198 valence electrons. The van der Waals surface area contributed by atoms with Crippen molar-refractivity contribution in [3.8, 4) is 0 Å². The van der Waals surface area contributed by atoms with Gasteiger partial charge in [0.15, 0.2) is 5.60 Å². The molecule has 0 bridgehead atoms. The first-order chi connectivity index (χ1) is 17.6. The second kappa shape index (κ2) is 9.91. The predicted octanol–water partition coefficient (Wildman–Crippen LogP) is 5.67. The first kappa shape index (κ1) is 26.5. The van der Waals surface area contributed by atoms with Crippen molar-refractivity contribution >= 4 is 47.5 Å². The number of aliphatic hydroxyl groups excluding tert-OH is 1. The number of fused-ring (bicyclic) bond motifs is 2. The molecular formula is C28H34BrFN2O4Si. The minimum Gasteiger partial charge on any atom is -0.396 e. The third-order valence-electron chi connectivity index (χ3n) is 8.25. The number of hydrogen-bond donors (Lipinski definition) is 1. The number of piperidine rings is 1. The topological polar surface area (TPSA) is 70.1 Å². The van der Waals surface area contributed by atoms with Crippen LogP contribution in [-0.4, -0.2) is 44.6 Å². The highest BCUT2D eigenvalue weighted by Gasteiger charge is 2.66. The molecule has 6 nitrogen and oxygen atoms in total. The maximum Gasteiger partial charge on any atom is 0.264 e. The molecule has 2 fully saturated rings. The van der Waals surface area contributed by atoms with Gasteiger partial charge in [-0.05, 0) is 68.3 Å². The van der Waals surface area contributed by atoms with Crippen molar-refractivity contribution in [1.29, 1.82) is 0 Å². The lowest BCUT2D eigenvalue weighted by Crippen LogP contribution is -2.45. The third kappa shape index (κ3) is 4.47. The lowest BCUT2D eigenvalue weighted by molar-refractivity contribution is -0.146. The number of hydrogen-bond acceptors (Lipinski definition) is 4. The lowest BCUT2D eigenvalue weighted by atomic mass is 9.82. The molecular weight excluding hydrogens is 555 g/mol. The SMILES string of the molecule is C[C@@H]1[C@@H]([Si](C)(C)F)[C@H](CCO)O[C@@]12C(=O)N(Cc1ccc(N3CCCCC3=O)cc1)c1ccc(Br)cc12. The number of carbonyl (C=O) groups excluding carboxylic acids is 2. The van der Waals surface area contributed by atoms with Crippen molar-refractivity contribution in [2.45, 2.75) is 69.5 Å². The number of carbonyl (C=O) groups is 2. The molecule has 4 atom stereocenters. The smallest absolute Gasteiger partial charge is 0.264 e. The van der Waals surface area contributed by atoms with Gasteiger partial charge in [0.1, 0.15) is 0 Å². The van der Waals surface area contributed by atoms with Gasteiger partial charge in [0.05, 0.1) is 18.3 Å². The minimum absolute atomic E-state index is 0.121. The average Bonchev–Trinajstić information content (AvgIpc) is 3.27. The number of aliphatic hydroxyl groups is 1. The molecule has 0 saturated carbocycles. The summed E-state index contributed by atoms with van der Waals surface area (Å²) in [6.07, 6.45) is 2.28. The van der Waals surface area contributed by atoms with E-state index < -0.39 is 25.7 Å². The molecule has 1 N–H and O–H groups in total. The number of anilines is 2. The highest BCUT2D eigenvalue weighted by molar-refractivity contribution is 9.10. The van der Waals surface area contributed by atoms with Crippen molar-refractivity contribution in [2.24, 2.45) is 5.92 Å². The van der Waals surface area contributed by atoms with E-state index in [1.807, 2.05) is 54.3 Å². The van der Waals surface area contributed by atoms with E-state index in [4.69, 9.17) is 4.74 Å². The van der Waals surface area contributed by atoms with E-state index in [1.165, 1.54) is 0 Å². The molecule has 1 spiro atoms. The van der Waals surface area contributed by atoms with Crippen LogP contribution in [0.4, 0.5) is 15.5 Å². The molecule has 2 amide bonds. The Bertz CT molecular complexity index is 1200. The zero-order valence-corrected chi connectivity index (χ0v) is 24.1. The fourth-order valence-corrected chi connectivity index (χ4v) is 9.52. The van der Waals surface area contributed by atoms with Gasteiger partial charge in [-0.25, -0.2) is 0 Å². The van der Waals surface area contributed by atoms with E-state index >= 15 is 4.11 Å². The normalized spacial score (nSPS) is 27.9. The van der Waals surface area contributed by atoms with Crippen molar-refractivity contribution in [2.75, 3.05) is 23.0 Å². The Kier molecular flexibility index (Phi) is 7.11. The van der Waals surface area contributed by atoms with Crippen LogP contribution in [0.5, 0.6) is 0 Å². The van der Waals surface area contributed by atoms with Gasteiger partial charge in [-0.3, -0.25) is 9.59 Å². The second-order valence-electron chi connectivity index (χ2n) is 11.0. The molecule has 3 aliphatic heterocycles. The fourth-order valence-electron chi connectivity index (χ4n) is 6.62. The number of amides is 2. The third-order valence-corrected chi connectivity index (χ3v) is 11.2. The van der Waals surface area contributed by atoms with E-state index in [9.17, 15) is 14.7 Å². The molecule has 37 heavy (non-hydrogen) atoms. The maximum absolute atomic E-state index is 15.6. The van der Waals surface area contributed by atoms with E-state index in [0.717, 1.165) is 46.4 Å². The van der Waals surface area contributed by atoms with Crippen LogP contribution in [-0.2, 0) is 26.5 Å². The van der Waals surface area contributed by atoms with Crippen LogP contribution < -0.4 is 9.80 Å². The van der Waals surface area contributed by atoms with Crippen molar-refractivity contribution in [1.82, 2.24) is 0 Å². The lowest BCUT2D eigenvalue weighted by Gasteiger charge is -2.31. The first-order valence-corrected chi connectivity index (χ1v) is 16.8. The molecule has 5 rings (SSSR count). The highest BCUT2D eigenvalue weighted by atomic mass is 79.9. The van der Waals surface area contributed by atoms with Crippen molar-refractivity contribution in [3.63, 3.8) is 0 Å². The van der Waals surface area contributed by atoms with E-state index in [0.29, 0.717) is 19.4 Å². The molecule has 2 saturated heterocycles. The summed E-state index contributed by atoms with van der Waals surface area (Å²) < 4.78 is 23.0. The zero-order valence-electron chi connectivity index (χ0n) is 21.5. The molecule has 0 aliphatic carbocycles. The Morgan fingerprint density at radius 2 is 1.89 bits per heavy atom. The number of rotatable bonds is 6. The Balaban J connectivity index is 1.49. The van der Waals surface area contributed by atoms with Gasteiger partial charge in [0.25, 0.3) is 5.91 Å². The molecule has 0 aromatic heterocycles. The van der Waals surface area contributed by atoms with Crippen LogP contribution >= 0.6 is 15.9 Å². The van der Waals surface area contributed by atoms with Gasteiger partial charge in [-0.15, -0.1) is 0 Å². The van der Waals surface area contributed by atoms with E-state index in [1.54, 1.807) is 18.0 Å². The molecule has 3 aliphatic rings. The quantitative estimate of drug-likeness (QED) is 0.348. The molecule has 2 aromatic carbocycles. The molecule has 3 heterocycles.